The molecule has 0 radical (unpaired) electrons. The fourth-order valence-electron chi connectivity index (χ4n) is 2.48. The second-order valence-electron chi connectivity index (χ2n) is 4.78. The van der Waals surface area contributed by atoms with Crippen LogP contribution in [0, 0.1) is 23.0 Å². The summed E-state index contributed by atoms with van der Waals surface area (Å²) in [7, 11) is 0. The van der Waals surface area contributed by atoms with Crippen molar-refractivity contribution in [3.8, 4) is 11.8 Å². The molecular formula is C14H16F2N2O. The summed E-state index contributed by atoms with van der Waals surface area (Å²) in [4.78, 5) is 0. The number of halogens is 2. The molecule has 0 spiro atoms. The monoisotopic (exact) mass is 266 g/mol. The molecule has 0 aliphatic heterocycles. The summed E-state index contributed by atoms with van der Waals surface area (Å²) in [6.45, 7) is 2.66. The molecule has 5 heteroatoms. The fourth-order valence-corrected chi connectivity index (χ4v) is 2.48. The van der Waals surface area contributed by atoms with Crippen molar-refractivity contribution in [3.63, 3.8) is 0 Å². The first kappa shape index (κ1) is 13.8. The van der Waals surface area contributed by atoms with E-state index in [1.807, 2.05) is 6.92 Å². The van der Waals surface area contributed by atoms with Crippen molar-refractivity contribution in [2.24, 2.45) is 0 Å². The number of rotatable bonds is 4. The molecule has 2 atom stereocenters. The van der Waals surface area contributed by atoms with E-state index in [1.54, 1.807) is 0 Å². The van der Waals surface area contributed by atoms with Crippen LogP contribution in [0.4, 0.5) is 8.78 Å². The number of nitriles is 1. The molecule has 1 aromatic rings. The molecule has 1 aromatic carbocycles. The first-order chi connectivity index (χ1) is 9.08. The van der Waals surface area contributed by atoms with Crippen molar-refractivity contribution < 1.29 is 13.5 Å². The van der Waals surface area contributed by atoms with Gasteiger partial charge in [-0.2, -0.15) is 5.26 Å². The average Bonchev–Trinajstić information content (AvgIpc) is 2.78. The third-order valence-electron chi connectivity index (χ3n) is 3.39. The van der Waals surface area contributed by atoms with Gasteiger partial charge in [-0.15, -0.1) is 0 Å². The van der Waals surface area contributed by atoms with Gasteiger partial charge in [-0.3, -0.25) is 5.32 Å². The molecule has 102 valence electrons. The lowest BCUT2D eigenvalue weighted by molar-refractivity contribution is 0.200. The van der Waals surface area contributed by atoms with Crippen molar-refractivity contribution in [2.75, 3.05) is 6.54 Å². The molecule has 0 bridgehead atoms. The van der Waals surface area contributed by atoms with Crippen molar-refractivity contribution in [1.82, 2.24) is 5.32 Å². The normalized spacial score (nSPS) is 26.1. The second kappa shape index (κ2) is 5.54. The lowest BCUT2D eigenvalue weighted by Gasteiger charge is -2.22. The minimum atomic E-state index is -0.922. The van der Waals surface area contributed by atoms with Gasteiger partial charge in [0, 0.05) is 12.5 Å². The smallest absolute Gasteiger partial charge is 0.162 e. The van der Waals surface area contributed by atoms with Gasteiger partial charge in [0.25, 0.3) is 0 Å². The Morgan fingerprint density at radius 2 is 2.26 bits per heavy atom. The molecule has 2 rings (SSSR count). The number of nitrogens with one attached hydrogen (secondary N) is 1. The largest absolute Gasteiger partial charge is 0.490 e. The van der Waals surface area contributed by atoms with Crippen LogP contribution < -0.4 is 10.1 Å². The van der Waals surface area contributed by atoms with Gasteiger partial charge in [-0.1, -0.05) is 6.92 Å². The lowest BCUT2D eigenvalue weighted by Crippen LogP contribution is -2.42. The number of ether oxygens (including phenoxy) is 1. The predicted molar refractivity (Wildman–Crippen MR) is 66.6 cm³/mol. The summed E-state index contributed by atoms with van der Waals surface area (Å²) in [5, 5.41) is 12.4. The first-order valence-corrected chi connectivity index (χ1v) is 6.36. The van der Waals surface area contributed by atoms with Crippen molar-refractivity contribution in [1.29, 1.82) is 5.26 Å². The third-order valence-corrected chi connectivity index (χ3v) is 3.39. The molecule has 0 aromatic heterocycles. The Morgan fingerprint density at radius 1 is 1.47 bits per heavy atom. The molecule has 1 fully saturated rings. The van der Waals surface area contributed by atoms with Gasteiger partial charge < -0.3 is 4.74 Å². The van der Waals surface area contributed by atoms with Gasteiger partial charge in [0.2, 0.25) is 0 Å². The molecule has 1 saturated carbocycles. The van der Waals surface area contributed by atoms with Crippen molar-refractivity contribution in [3.05, 3.63) is 29.8 Å². The average molecular weight is 266 g/mol. The van der Waals surface area contributed by atoms with E-state index < -0.39 is 17.2 Å². The zero-order valence-electron chi connectivity index (χ0n) is 10.7. The van der Waals surface area contributed by atoms with E-state index >= 15 is 0 Å². The maximum atomic E-state index is 13.1. The minimum Gasteiger partial charge on any atom is -0.490 e. The summed E-state index contributed by atoms with van der Waals surface area (Å²) in [6, 6.07) is 5.77. The SMILES string of the molecule is CCNC1(C#N)CCC(Oc2ccc(F)c(F)c2)C1. The van der Waals surface area contributed by atoms with Gasteiger partial charge in [0.05, 0.1) is 6.07 Å². The molecular weight excluding hydrogens is 250 g/mol. The van der Waals surface area contributed by atoms with Gasteiger partial charge >= 0.3 is 0 Å². The molecule has 2 unspecified atom stereocenters. The van der Waals surface area contributed by atoms with Crippen LogP contribution in [0.3, 0.4) is 0 Å². The van der Waals surface area contributed by atoms with Crippen LogP contribution >= 0.6 is 0 Å². The molecule has 1 aliphatic rings. The van der Waals surface area contributed by atoms with E-state index in [9.17, 15) is 14.0 Å². The molecule has 0 heterocycles. The van der Waals surface area contributed by atoms with Crippen LogP contribution in [0.1, 0.15) is 26.2 Å². The Hall–Kier alpha value is -1.67. The van der Waals surface area contributed by atoms with Gasteiger partial charge in [0.1, 0.15) is 17.4 Å². The lowest BCUT2D eigenvalue weighted by atomic mass is 10.00. The van der Waals surface area contributed by atoms with Crippen LogP contribution in [0.5, 0.6) is 5.75 Å². The molecule has 19 heavy (non-hydrogen) atoms. The Labute approximate surface area is 111 Å². The van der Waals surface area contributed by atoms with E-state index in [1.165, 1.54) is 6.07 Å². The third kappa shape index (κ3) is 3.02. The van der Waals surface area contributed by atoms with E-state index in [2.05, 4.69) is 11.4 Å². The highest BCUT2D eigenvalue weighted by Crippen LogP contribution is 2.32. The predicted octanol–water partition coefficient (Wildman–Crippen LogP) is 2.77. The first-order valence-electron chi connectivity index (χ1n) is 6.36. The van der Waals surface area contributed by atoms with Crippen molar-refractivity contribution in [2.45, 2.75) is 37.8 Å². The molecule has 1 N–H and O–H groups in total. The van der Waals surface area contributed by atoms with E-state index in [-0.39, 0.29) is 6.10 Å². The molecule has 0 amide bonds. The Balaban J connectivity index is 2.02. The highest BCUT2D eigenvalue weighted by atomic mass is 19.2. The molecule has 0 saturated heterocycles. The maximum Gasteiger partial charge on any atom is 0.162 e. The standard InChI is InChI=1S/C14H16F2N2O/c1-2-18-14(9-17)6-5-11(8-14)19-10-3-4-12(15)13(16)7-10/h3-4,7,11,18H,2,5-6,8H2,1H3. The quantitative estimate of drug-likeness (QED) is 0.911. The summed E-state index contributed by atoms with van der Waals surface area (Å²) in [5.74, 6) is -1.51. The van der Waals surface area contributed by atoms with Gasteiger partial charge in [-0.05, 0) is 31.5 Å². The Bertz CT molecular complexity index is 501. The topological polar surface area (TPSA) is 45.0 Å². The summed E-state index contributed by atoms with van der Waals surface area (Å²) >= 11 is 0. The second-order valence-corrected chi connectivity index (χ2v) is 4.78. The highest BCUT2D eigenvalue weighted by molar-refractivity contribution is 5.24. The zero-order chi connectivity index (χ0) is 13.9. The van der Waals surface area contributed by atoms with E-state index in [0.29, 0.717) is 25.1 Å². The fraction of sp³-hybridized carbons (Fsp3) is 0.500. The Kier molecular flexibility index (Phi) is 4.01. The number of hydrogen-bond donors (Lipinski definition) is 1. The summed E-state index contributed by atoms with van der Waals surface area (Å²) in [6.07, 6.45) is 1.82. The van der Waals surface area contributed by atoms with Gasteiger partial charge in [0.15, 0.2) is 11.6 Å². The minimum absolute atomic E-state index is 0.149. The van der Waals surface area contributed by atoms with Crippen LogP contribution in [0.15, 0.2) is 18.2 Å². The maximum absolute atomic E-state index is 13.1. The van der Waals surface area contributed by atoms with Crippen molar-refractivity contribution >= 4 is 0 Å². The highest BCUT2D eigenvalue weighted by Gasteiger charge is 2.39. The van der Waals surface area contributed by atoms with Crippen LogP contribution in [0.2, 0.25) is 0 Å². The van der Waals surface area contributed by atoms with E-state index in [4.69, 9.17) is 4.74 Å². The summed E-state index contributed by atoms with van der Waals surface area (Å²) in [5.41, 5.74) is -0.558. The Morgan fingerprint density at radius 3 is 2.89 bits per heavy atom. The zero-order valence-corrected chi connectivity index (χ0v) is 10.7. The number of nitrogens with zero attached hydrogens (tertiary/aromatic N) is 1. The van der Waals surface area contributed by atoms with Crippen LogP contribution in [-0.4, -0.2) is 18.2 Å². The molecule has 3 nitrogen and oxygen atoms in total. The molecule has 1 aliphatic carbocycles. The summed E-state index contributed by atoms with van der Waals surface area (Å²) < 4.78 is 31.5. The number of hydrogen-bond acceptors (Lipinski definition) is 3. The van der Waals surface area contributed by atoms with Crippen LogP contribution in [0.25, 0.3) is 0 Å². The van der Waals surface area contributed by atoms with Gasteiger partial charge in [-0.25, -0.2) is 8.78 Å². The number of benzene rings is 1. The van der Waals surface area contributed by atoms with E-state index in [0.717, 1.165) is 18.6 Å². The van der Waals surface area contributed by atoms with Crippen LogP contribution in [-0.2, 0) is 0 Å².